The van der Waals surface area contributed by atoms with Gasteiger partial charge in [0.1, 0.15) is 11.5 Å². The summed E-state index contributed by atoms with van der Waals surface area (Å²) in [7, 11) is 0. The van der Waals surface area contributed by atoms with E-state index in [-0.39, 0.29) is 5.91 Å². The lowest BCUT2D eigenvalue weighted by molar-refractivity contribution is -0.120. The number of benzene rings is 2. The summed E-state index contributed by atoms with van der Waals surface area (Å²) < 4.78 is 6.74. The maximum absolute atomic E-state index is 12.0. The summed E-state index contributed by atoms with van der Waals surface area (Å²) in [6.07, 6.45) is 1.80. The largest absolute Gasteiger partial charge is 0.455 e. The molecule has 0 bridgehead atoms. The van der Waals surface area contributed by atoms with Crippen LogP contribution in [0.25, 0.3) is 11.3 Å². The molecule has 3 rings (SSSR count). The number of amides is 1. The molecule has 5 heteroatoms. The van der Waals surface area contributed by atoms with E-state index in [4.69, 9.17) is 4.42 Å². The van der Waals surface area contributed by atoms with Gasteiger partial charge in [0.15, 0.2) is 0 Å². The number of aryl methyl sites for hydroxylation is 2. The van der Waals surface area contributed by atoms with Gasteiger partial charge in [-0.15, -0.1) is 0 Å². The van der Waals surface area contributed by atoms with Crippen LogP contribution in [-0.4, -0.2) is 12.1 Å². The highest BCUT2D eigenvalue weighted by Crippen LogP contribution is 2.23. The van der Waals surface area contributed by atoms with Gasteiger partial charge in [-0.25, -0.2) is 5.43 Å². The summed E-state index contributed by atoms with van der Waals surface area (Å²) >= 11 is 3.41. The van der Waals surface area contributed by atoms with Crippen molar-refractivity contribution in [3.8, 4) is 11.3 Å². The van der Waals surface area contributed by atoms with Crippen LogP contribution in [0.2, 0.25) is 0 Å². The summed E-state index contributed by atoms with van der Waals surface area (Å²) in [5.74, 6) is 1.17. The lowest BCUT2D eigenvalue weighted by Gasteiger charge is -2.05. The van der Waals surface area contributed by atoms with Crippen LogP contribution in [0.15, 0.2) is 68.6 Å². The Labute approximate surface area is 161 Å². The lowest BCUT2D eigenvalue weighted by Crippen LogP contribution is -2.20. The van der Waals surface area contributed by atoms with E-state index in [0.717, 1.165) is 26.9 Å². The number of hydrazone groups is 1. The Bertz CT molecular complexity index is 943. The monoisotopic (exact) mass is 410 g/mol. The summed E-state index contributed by atoms with van der Waals surface area (Å²) in [5.41, 5.74) is 6.81. The second kappa shape index (κ2) is 8.15. The molecule has 0 aliphatic carbocycles. The Kier molecular flexibility index (Phi) is 5.68. The van der Waals surface area contributed by atoms with Crippen molar-refractivity contribution in [3.63, 3.8) is 0 Å². The molecular formula is C21H19BrN2O2. The van der Waals surface area contributed by atoms with Gasteiger partial charge in [-0.2, -0.15) is 5.10 Å². The molecule has 1 N–H and O–H groups in total. The van der Waals surface area contributed by atoms with Gasteiger partial charge < -0.3 is 4.42 Å². The van der Waals surface area contributed by atoms with Crippen LogP contribution in [0.4, 0.5) is 0 Å². The van der Waals surface area contributed by atoms with Gasteiger partial charge in [0.05, 0.1) is 12.6 Å². The van der Waals surface area contributed by atoms with Crippen molar-refractivity contribution in [3.05, 3.63) is 81.5 Å². The second-order valence-electron chi connectivity index (χ2n) is 6.11. The highest BCUT2D eigenvalue weighted by molar-refractivity contribution is 9.10. The Hall–Kier alpha value is -2.66. The minimum Gasteiger partial charge on any atom is -0.455 e. The first-order chi connectivity index (χ1) is 12.5. The first kappa shape index (κ1) is 18.1. The fraction of sp³-hybridized carbons (Fsp3) is 0.143. The number of halogens is 1. The van der Waals surface area contributed by atoms with Crippen LogP contribution in [0.1, 0.15) is 22.5 Å². The van der Waals surface area contributed by atoms with E-state index in [1.54, 1.807) is 0 Å². The van der Waals surface area contributed by atoms with Crippen LogP contribution >= 0.6 is 15.9 Å². The van der Waals surface area contributed by atoms with Crippen LogP contribution in [-0.2, 0) is 11.2 Å². The quantitative estimate of drug-likeness (QED) is 0.474. The first-order valence-electron chi connectivity index (χ1n) is 8.25. The average molecular weight is 411 g/mol. The predicted molar refractivity (Wildman–Crippen MR) is 107 cm³/mol. The second-order valence-corrected chi connectivity index (χ2v) is 7.02. The van der Waals surface area contributed by atoms with Crippen LogP contribution in [0.3, 0.4) is 0 Å². The van der Waals surface area contributed by atoms with Gasteiger partial charge >= 0.3 is 0 Å². The molecule has 26 heavy (non-hydrogen) atoms. The minimum absolute atomic E-state index is 0.159. The molecule has 0 atom stereocenters. The fourth-order valence-corrected chi connectivity index (χ4v) is 2.88. The summed E-state index contributed by atoms with van der Waals surface area (Å²) in [6.45, 7) is 4.04. The number of hydrogen-bond donors (Lipinski definition) is 1. The van der Waals surface area contributed by atoms with Crippen LogP contribution in [0.5, 0.6) is 0 Å². The number of nitrogens with one attached hydrogen (secondary N) is 1. The summed E-state index contributed by atoms with van der Waals surface area (Å²) in [6, 6.07) is 17.6. The molecule has 3 aromatic rings. The van der Waals surface area contributed by atoms with E-state index in [1.165, 1.54) is 11.8 Å². The number of furan rings is 1. The van der Waals surface area contributed by atoms with Crippen molar-refractivity contribution >= 4 is 28.1 Å². The first-order valence-corrected chi connectivity index (χ1v) is 9.04. The smallest absolute Gasteiger partial charge is 0.244 e. The third-order valence-electron chi connectivity index (χ3n) is 3.99. The number of rotatable bonds is 5. The minimum atomic E-state index is -0.159. The Morgan fingerprint density at radius 1 is 1.12 bits per heavy atom. The molecule has 0 fully saturated rings. The van der Waals surface area contributed by atoms with Crippen molar-refractivity contribution in [1.29, 1.82) is 0 Å². The average Bonchev–Trinajstić information content (AvgIpc) is 3.07. The maximum atomic E-state index is 12.0. The number of carbonyl (C=O) groups excluding carboxylic acids is 1. The Balaban J connectivity index is 1.58. The van der Waals surface area contributed by atoms with Crippen molar-refractivity contribution in [2.24, 2.45) is 5.10 Å². The molecule has 4 nitrogen and oxygen atoms in total. The number of hydrogen-bond acceptors (Lipinski definition) is 3. The van der Waals surface area contributed by atoms with E-state index >= 15 is 0 Å². The summed E-state index contributed by atoms with van der Waals surface area (Å²) in [5, 5.41) is 3.98. The molecular weight excluding hydrogens is 392 g/mol. The highest BCUT2D eigenvalue weighted by Gasteiger charge is 2.06. The van der Waals surface area contributed by atoms with Crippen molar-refractivity contribution < 1.29 is 9.21 Å². The standard InChI is InChI=1S/C21H19BrN2O2/c1-14-3-4-17(15(2)11-14)12-21(25)24-23-13-19-9-10-20(26-19)16-5-7-18(22)8-6-16/h3-11,13H,12H2,1-2H3,(H,24,25)/b23-13-. The van der Waals surface area contributed by atoms with Gasteiger partial charge in [0.25, 0.3) is 0 Å². The summed E-state index contributed by atoms with van der Waals surface area (Å²) in [4.78, 5) is 12.0. The third kappa shape index (κ3) is 4.70. The zero-order valence-corrected chi connectivity index (χ0v) is 16.2. The molecule has 1 aromatic heterocycles. The molecule has 2 aromatic carbocycles. The molecule has 0 aliphatic rings. The number of nitrogens with zero attached hydrogens (tertiary/aromatic N) is 1. The predicted octanol–water partition coefficient (Wildman–Crippen LogP) is 5.02. The molecule has 132 valence electrons. The number of carbonyl (C=O) groups is 1. The highest BCUT2D eigenvalue weighted by atomic mass is 79.9. The topological polar surface area (TPSA) is 54.6 Å². The zero-order valence-electron chi connectivity index (χ0n) is 14.6. The van der Waals surface area contributed by atoms with Gasteiger partial charge in [0, 0.05) is 10.0 Å². The van der Waals surface area contributed by atoms with Gasteiger partial charge in [0.2, 0.25) is 5.91 Å². The van der Waals surface area contributed by atoms with Crippen molar-refractivity contribution in [1.82, 2.24) is 5.43 Å². The molecule has 0 spiro atoms. The van der Waals surface area contributed by atoms with E-state index in [9.17, 15) is 4.79 Å². The molecule has 0 unspecified atom stereocenters. The van der Waals surface area contributed by atoms with Crippen LogP contribution in [0, 0.1) is 13.8 Å². The maximum Gasteiger partial charge on any atom is 0.244 e. The van der Waals surface area contributed by atoms with E-state index in [2.05, 4.69) is 32.5 Å². The van der Waals surface area contributed by atoms with E-state index in [1.807, 2.05) is 62.4 Å². The van der Waals surface area contributed by atoms with Crippen LogP contribution < -0.4 is 5.43 Å². The lowest BCUT2D eigenvalue weighted by atomic mass is 10.0. The van der Waals surface area contributed by atoms with Gasteiger partial charge in [-0.05, 0) is 49.2 Å². The van der Waals surface area contributed by atoms with E-state index < -0.39 is 0 Å². The van der Waals surface area contributed by atoms with Gasteiger partial charge in [-0.3, -0.25) is 4.79 Å². The molecule has 0 radical (unpaired) electrons. The molecule has 1 amide bonds. The SMILES string of the molecule is Cc1ccc(CC(=O)N/N=C\c2ccc(-c3ccc(Br)cc3)o2)c(C)c1. The van der Waals surface area contributed by atoms with Gasteiger partial charge in [-0.1, -0.05) is 51.8 Å². The normalized spacial score (nSPS) is 11.0. The molecule has 0 saturated carbocycles. The molecule has 1 heterocycles. The Morgan fingerprint density at radius 3 is 2.62 bits per heavy atom. The zero-order chi connectivity index (χ0) is 18.5. The van der Waals surface area contributed by atoms with E-state index in [0.29, 0.717) is 12.2 Å². The third-order valence-corrected chi connectivity index (χ3v) is 4.51. The Morgan fingerprint density at radius 2 is 1.88 bits per heavy atom. The fourth-order valence-electron chi connectivity index (χ4n) is 2.62. The molecule has 0 saturated heterocycles. The molecule has 0 aliphatic heterocycles. The van der Waals surface area contributed by atoms with Crippen molar-refractivity contribution in [2.45, 2.75) is 20.3 Å². The van der Waals surface area contributed by atoms with Crippen molar-refractivity contribution in [2.75, 3.05) is 0 Å².